The number of nitrogens with two attached hydrogens (primary N) is 1. The van der Waals surface area contributed by atoms with Crippen LogP contribution in [0.5, 0.6) is 0 Å². The first-order valence-corrected chi connectivity index (χ1v) is 7.61. The minimum absolute atomic E-state index is 0.107. The monoisotopic (exact) mass is 299 g/mol. The summed E-state index contributed by atoms with van der Waals surface area (Å²) in [6.07, 6.45) is 5.65. The van der Waals surface area contributed by atoms with Gasteiger partial charge >= 0.3 is 0 Å². The van der Waals surface area contributed by atoms with E-state index in [4.69, 9.17) is 17.4 Å². The van der Waals surface area contributed by atoms with Crippen LogP contribution < -0.4 is 11.3 Å². The van der Waals surface area contributed by atoms with Gasteiger partial charge in [-0.3, -0.25) is 16.0 Å². The predicted octanol–water partition coefficient (Wildman–Crippen LogP) is 1.63. The van der Waals surface area contributed by atoms with Gasteiger partial charge in [-0.1, -0.05) is 24.4 Å². The highest BCUT2D eigenvalue weighted by atomic mass is 35.5. The first-order chi connectivity index (χ1) is 9.42. The van der Waals surface area contributed by atoms with Gasteiger partial charge in [0.1, 0.15) is 0 Å². The van der Waals surface area contributed by atoms with E-state index in [0.29, 0.717) is 0 Å². The van der Waals surface area contributed by atoms with Crippen molar-refractivity contribution in [3.63, 3.8) is 0 Å². The third kappa shape index (κ3) is 2.60. The molecule has 1 aromatic rings. The zero-order valence-corrected chi connectivity index (χ0v) is 13.7. The molecule has 0 spiro atoms. The summed E-state index contributed by atoms with van der Waals surface area (Å²) in [5, 5.41) is 5.16. The van der Waals surface area contributed by atoms with E-state index >= 15 is 0 Å². The smallest absolute Gasteiger partial charge is 0.0847 e. The van der Waals surface area contributed by atoms with Crippen LogP contribution in [0.25, 0.3) is 0 Å². The highest BCUT2D eigenvalue weighted by Gasteiger charge is 2.43. The van der Waals surface area contributed by atoms with Crippen LogP contribution in [-0.2, 0) is 13.5 Å². The number of aromatic nitrogens is 2. The van der Waals surface area contributed by atoms with Gasteiger partial charge < -0.3 is 4.90 Å². The van der Waals surface area contributed by atoms with Crippen LogP contribution in [-0.4, -0.2) is 40.4 Å². The standard InChI is InChI=1S/C14H26ClN5/c1-10-13(15)11(20(4)18-10)9-12(17-16)14(19(2)3)7-5-6-8-14/h12,17H,5-9,16H2,1-4H3. The van der Waals surface area contributed by atoms with Crippen molar-refractivity contribution >= 4 is 11.6 Å². The van der Waals surface area contributed by atoms with Crippen molar-refractivity contribution in [2.45, 2.75) is 50.6 Å². The number of hydrogen-bond donors (Lipinski definition) is 2. The molecule has 0 bridgehead atoms. The third-order valence-electron chi connectivity index (χ3n) is 4.87. The first kappa shape index (κ1) is 15.8. The van der Waals surface area contributed by atoms with Crippen molar-refractivity contribution in [1.82, 2.24) is 20.1 Å². The molecule has 6 heteroatoms. The lowest BCUT2D eigenvalue weighted by Crippen LogP contribution is -2.60. The van der Waals surface area contributed by atoms with Crippen molar-refractivity contribution in [3.05, 3.63) is 16.4 Å². The molecular formula is C14H26ClN5. The summed E-state index contributed by atoms with van der Waals surface area (Å²) in [4.78, 5) is 2.32. The molecule has 1 fully saturated rings. The largest absolute Gasteiger partial charge is 0.302 e. The topological polar surface area (TPSA) is 59.1 Å². The number of nitrogens with zero attached hydrogens (tertiary/aromatic N) is 3. The van der Waals surface area contributed by atoms with Gasteiger partial charge in [-0.15, -0.1) is 0 Å². The van der Waals surface area contributed by atoms with Crippen LogP contribution in [0.15, 0.2) is 0 Å². The van der Waals surface area contributed by atoms with Gasteiger partial charge in [0.15, 0.2) is 0 Å². The van der Waals surface area contributed by atoms with E-state index in [2.05, 4.69) is 29.5 Å². The van der Waals surface area contributed by atoms with Crippen LogP contribution in [0.2, 0.25) is 5.02 Å². The fourth-order valence-electron chi connectivity index (χ4n) is 3.59. The Morgan fingerprint density at radius 1 is 1.45 bits per heavy atom. The van der Waals surface area contributed by atoms with Crippen molar-refractivity contribution < 1.29 is 0 Å². The zero-order valence-electron chi connectivity index (χ0n) is 12.9. The number of aryl methyl sites for hydroxylation is 2. The summed E-state index contributed by atoms with van der Waals surface area (Å²) >= 11 is 6.38. The predicted molar refractivity (Wildman–Crippen MR) is 82.7 cm³/mol. The maximum atomic E-state index is 6.38. The second-order valence-electron chi connectivity index (χ2n) is 6.10. The van der Waals surface area contributed by atoms with E-state index in [9.17, 15) is 0 Å². The highest BCUT2D eigenvalue weighted by molar-refractivity contribution is 6.31. The molecule has 1 atom stereocenters. The van der Waals surface area contributed by atoms with Crippen LogP contribution in [0.4, 0.5) is 0 Å². The molecule has 0 saturated heterocycles. The van der Waals surface area contributed by atoms with Gasteiger partial charge in [-0.2, -0.15) is 5.10 Å². The molecule has 3 N–H and O–H groups in total. The molecule has 0 aromatic carbocycles. The van der Waals surface area contributed by atoms with Crippen LogP contribution in [0.3, 0.4) is 0 Å². The number of hydrazine groups is 1. The normalized spacial score (nSPS) is 19.8. The van der Waals surface area contributed by atoms with Gasteiger partial charge in [0, 0.05) is 25.0 Å². The molecule has 1 aliphatic carbocycles. The number of nitrogens with one attached hydrogen (secondary N) is 1. The van der Waals surface area contributed by atoms with E-state index in [1.165, 1.54) is 25.7 Å². The Morgan fingerprint density at radius 3 is 2.45 bits per heavy atom. The lowest BCUT2D eigenvalue weighted by atomic mass is 9.84. The molecule has 1 heterocycles. The zero-order chi connectivity index (χ0) is 14.9. The Labute approximate surface area is 126 Å². The van der Waals surface area contributed by atoms with Gasteiger partial charge in [0.05, 0.1) is 16.4 Å². The molecule has 0 amide bonds. The summed E-state index contributed by atoms with van der Waals surface area (Å²) in [5.41, 5.74) is 5.08. The Morgan fingerprint density at radius 2 is 2.05 bits per heavy atom. The Bertz CT molecular complexity index is 462. The summed E-state index contributed by atoms with van der Waals surface area (Å²) in [7, 11) is 6.23. The number of likely N-dealkylation sites (N-methyl/N-ethyl adjacent to an activating group) is 1. The molecule has 1 unspecified atom stereocenters. The average Bonchev–Trinajstić information content (AvgIpc) is 2.97. The Hall–Kier alpha value is -0.620. The minimum atomic E-state index is 0.107. The molecule has 2 rings (SSSR count). The molecule has 0 aliphatic heterocycles. The SMILES string of the molecule is Cc1nn(C)c(CC(NN)C2(N(C)C)CCCC2)c1Cl. The van der Waals surface area contributed by atoms with E-state index in [1.807, 2.05) is 18.7 Å². The maximum absolute atomic E-state index is 6.38. The number of hydrogen-bond acceptors (Lipinski definition) is 4. The van der Waals surface area contributed by atoms with Crippen molar-refractivity contribution in [2.24, 2.45) is 12.9 Å². The van der Waals surface area contributed by atoms with Gasteiger partial charge in [-0.25, -0.2) is 0 Å². The summed E-state index contributed by atoms with van der Waals surface area (Å²) in [6, 6.07) is 0.173. The second-order valence-corrected chi connectivity index (χ2v) is 6.48. The molecule has 1 aromatic heterocycles. The van der Waals surface area contributed by atoms with Crippen LogP contribution in [0, 0.1) is 6.92 Å². The lowest BCUT2D eigenvalue weighted by Gasteiger charge is -2.43. The Kier molecular flexibility index (Phi) is 4.74. The molecule has 20 heavy (non-hydrogen) atoms. The van der Waals surface area contributed by atoms with E-state index in [0.717, 1.165) is 22.8 Å². The highest BCUT2D eigenvalue weighted by Crippen LogP contribution is 2.38. The quantitative estimate of drug-likeness (QED) is 0.641. The molecule has 114 valence electrons. The van der Waals surface area contributed by atoms with Crippen LogP contribution >= 0.6 is 11.6 Å². The van der Waals surface area contributed by atoms with Gasteiger partial charge in [-0.05, 0) is 33.9 Å². The molecule has 5 nitrogen and oxygen atoms in total. The first-order valence-electron chi connectivity index (χ1n) is 7.24. The van der Waals surface area contributed by atoms with E-state index in [-0.39, 0.29) is 11.6 Å². The summed E-state index contributed by atoms with van der Waals surface area (Å²) in [6.45, 7) is 1.94. The second kappa shape index (κ2) is 6.02. The fraction of sp³-hybridized carbons (Fsp3) is 0.786. The van der Waals surface area contributed by atoms with Gasteiger partial charge in [0.2, 0.25) is 0 Å². The molecule has 1 aliphatic rings. The van der Waals surface area contributed by atoms with Crippen LogP contribution in [0.1, 0.15) is 37.1 Å². The van der Waals surface area contributed by atoms with E-state index < -0.39 is 0 Å². The van der Waals surface area contributed by atoms with Crippen molar-refractivity contribution in [3.8, 4) is 0 Å². The third-order valence-corrected chi connectivity index (χ3v) is 5.36. The summed E-state index contributed by atoms with van der Waals surface area (Å²) in [5.74, 6) is 5.88. The average molecular weight is 300 g/mol. The lowest BCUT2D eigenvalue weighted by molar-refractivity contribution is 0.103. The molecular weight excluding hydrogens is 274 g/mol. The number of halogens is 1. The van der Waals surface area contributed by atoms with Crippen molar-refractivity contribution in [1.29, 1.82) is 0 Å². The van der Waals surface area contributed by atoms with Gasteiger partial charge in [0.25, 0.3) is 0 Å². The summed E-state index contributed by atoms with van der Waals surface area (Å²) < 4.78 is 1.88. The molecule has 0 radical (unpaired) electrons. The maximum Gasteiger partial charge on any atom is 0.0847 e. The molecule has 1 saturated carbocycles. The van der Waals surface area contributed by atoms with Crippen molar-refractivity contribution in [2.75, 3.05) is 14.1 Å². The fourth-order valence-corrected chi connectivity index (χ4v) is 3.83. The minimum Gasteiger partial charge on any atom is -0.302 e. The Balaban J connectivity index is 2.28. The van der Waals surface area contributed by atoms with E-state index in [1.54, 1.807) is 0 Å². The number of rotatable bonds is 5.